The van der Waals surface area contributed by atoms with Gasteiger partial charge in [0.05, 0.1) is 25.3 Å². The van der Waals surface area contributed by atoms with E-state index in [1.54, 1.807) is 6.33 Å². The summed E-state index contributed by atoms with van der Waals surface area (Å²) in [6.07, 6.45) is 2.30. The van der Waals surface area contributed by atoms with E-state index in [4.69, 9.17) is 4.74 Å². The van der Waals surface area contributed by atoms with Gasteiger partial charge < -0.3 is 9.64 Å². The predicted molar refractivity (Wildman–Crippen MR) is 98.2 cm³/mol. The van der Waals surface area contributed by atoms with E-state index in [2.05, 4.69) is 15.0 Å². The monoisotopic (exact) mass is 348 g/mol. The Bertz CT molecular complexity index is 907. The van der Waals surface area contributed by atoms with Crippen LogP contribution < -0.4 is 4.90 Å². The van der Waals surface area contributed by atoms with Crippen LogP contribution in [0.1, 0.15) is 23.7 Å². The minimum Gasteiger partial charge on any atom is -0.469 e. The van der Waals surface area contributed by atoms with Gasteiger partial charge in [-0.15, -0.1) is 0 Å². The van der Waals surface area contributed by atoms with Crippen molar-refractivity contribution in [2.45, 2.75) is 18.9 Å². The average Bonchev–Trinajstić information content (AvgIpc) is 3.16. The number of hydrogen-bond acceptors (Lipinski definition) is 5. The van der Waals surface area contributed by atoms with E-state index in [0.717, 1.165) is 35.7 Å². The minimum absolute atomic E-state index is 0.176. The molecule has 1 aliphatic rings. The Hall–Kier alpha value is -3.15. The number of para-hydroxylation sites is 2. The van der Waals surface area contributed by atoms with Crippen LogP contribution in [0.2, 0.25) is 0 Å². The van der Waals surface area contributed by atoms with E-state index in [9.17, 15) is 4.79 Å². The van der Waals surface area contributed by atoms with E-state index >= 15 is 0 Å². The van der Waals surface area contributed by atoms with Gasteiger partial charge in [-0.2, -0.15) is 5.10 Å². The predicted octanol–water partition coefficient (Wildman–Crippen LogP) is 2.93. The fraction of sp³-hybridized carbons (Fsp3) is 0.250. The van der Waals surface area contributed by atoms with Crippen LogP contribution in [-0.4, -0.2) is 34.4 Å². The van der Waals surface area contributed by atoms with Crippen molar-refractivity contribution in [3.05, 3.63) is 72.3 Å². The smallest absolute Gasteiger partial charge is 0.313 e. The molecule has 1 aliphatic heterocycles. The van der Waals surface area contributed by atoms with Gasteiger partial charge in [0.25, 0.3) is 0 Å². The van der Waals surface area contributed by atoms with Crippen LogP contribution in [0.4, 0.5) is 5.69 Å². The molecule has 1 aromatic heterocycles. The van der Waals surface area contributed by atoms with Crippen molar-refractivity contribution in [3.8, 4) is 5.69 Å². The van der Waals surface area contributed by atoms with Gasteiger partial charge in [-0.25, -0.2) is 9.67 Å². The van der Waals surface area contributed by atoms with Crippen LogP contribution in [0.25, 0.3) is 5.69 Å². The largest absolute Gasteiger partial charge is 0.469 e. The number of anilines is 1. The number of ether oxygens (including phenoxy) is 1. The Labute approximate surface area is 152 Å². The van der Waals surface area contributed by atoms with Crippen molar-refractivity contribution in [1.29, 1.82) is 0 Å². The van der Waals surface area contributed by atoms with E-state index in [1.165, 1.54) is 7.11 Å². The maximum absolute atomic E-state index is 12.1. The van der Waals surface area contributed by atoms with Gasteiger partial charge in [0.15, 0.2) is 5.82 Å². The molecule has 4 rings (SSSR count). The second kappa shape index (κ2) is 7.00. The summed E-state index contributed by atoms with van der Waals surface area (Å²) in [6, 6.07) is 18.0. The van der Waals surface area contributed by atoms with Crippen molar-refractivity contribution in [1.82, 2.24) is 14.8 Å². The first-order chi connectivity index (χ1) is 12.8. The zero-order valence-electron chi connectivity index (χ0n) is 14.6. The third kappa shape index (κ3) is 2.94. The lowest BCUT2D eigenvalue weighted by Crippen LogP contribution is -2.34. The molecule has 0 aliphatic carbocycles. The fourth-order valence-corrected chi connectivity index (χ4v) is 3.51. The lowest BCUT2D eigenvalue weighted by atomic mass is 9.90. The highest BCUT2D eigenvalue weighted by atomic mass is 16.5. The first-order valence-corrected chi connectivity index (χ1v) is 8.64. The molecule has 0 amide bonds. The first kappa shape index (κ1) is 16.3. The number of benzene rings is 2. The molecule has 6 heteroatoms. The molecule has 26 heavy (non-hydrogen) atoms. The summed E-state index contributed by atoms with van der Waals surface area (Å²) in [4.78, 5) is 18.8. The summed E-state index contributed by atoms with van der Waals surface area (Å²) < 4.78 is 6.84. The molecule has 0 spiro atoms. The Morgan fingerprint density at radius 1 is 1.15 bits per heavy atom. The van der Waals surface area contributed by atoms with Crippen molar-refractivity contribution in [2.75, 3.05) is 18.6 Å². The number of nitrogens with zero attached hydrogens (tertiary/aromatic N) is 4. The van der Waals surface area contributed by atoms with Crippen LogP contribution >= 0.6 is 0 Å². The Morgan fingerprint density at radius 3 is 2.73 bits per heavy atom. The second-order valence-corrected chi connectivity index (χ2v) is 6.27. The van der Waals surface area contributed by atoms with Crippen molar-refractivity contribution in [3.63, 3.8) is 0 Å². The van der Waals surface area contributed by atoms with E-state index in [1.807, 2.05) is 59.3 Å². The lowest BCUT2D eigenvalue weighted by Gasteiger charge is -2.34. The SMILES string of the molecule is COC(=O)[C@H]1CCN(Cc2ncnn2-c2ccccc2)c2ccccc21. The zero-order chi connectivity index (χ0) is 17.9. The summed E-state index contributed by atoms with van der Waals surface area (Å²) in [7, 11) is 1.44. The van der Waals surface area contributed by atoms with Crippen LogP contribution in [0, 0.1) is 0 Å². The molecular weight excluding hydrogens is 328 g/mol. The lowest BCUT2D eigenvalue weighted by molar-refractivity contribution is -0.142. The molecule has 0 bridgehead atoms. The summed E-state index contributed by atoms with van der Waals surface area (Å²) in [6.45, 7) is 1.39. The van der Waals surface area contributed by atoms with Crippen LogP contribution in [0.3, 0.4) is 0 Å². The zero-order valence-corrected chi connectivity index (χ0v) is 14.6. The fourth-order valence-electron chi connectivity index (χ4n) is 3.51. The van der Waals surface area contributed by atoms with Crippen LogP contribution in [-0.2, 0) is 16.1 Å². The van der Waals surface area contributed by atoms with Crippen LogP contribution in [0.5, 0.6) is 0 Å². The molecule has 0 fully saturated rings. The second-order valence-electron chi connectivity index (χ2n) is 6.27. The van der Waals surface area contributed by atoms with Crippen molar-refractivity contribution < 1.29 is 9.53 Å². The van der Waals surface area contributed by atoms with Gasteiger partial charge in [0.1, 0.15) is 6.33 Å². The van der Waals surface area contributed by atoms with E-state index in [0.29, 0.717) is 6.54 Å². The Balaban J connectivity index is 1.64. The Morgan fingerprint density at radius 2 is 1.92 bits per heavy atom. The highest BCUT2D eigenvalue weighted by Gasteiger charge is 2.31. The average molecular weight is 348 g/mol. The number of hydrogen-bond donors (Lipinski definition) is 0. The van der Waals surface area contributed by atoms with Gasteiger partial charge in [0, 0.05) is 12.2 Å². The molecule has 0 saturated carbocycles. The minimum atomic E-state index is -0.209. The number of carbonyl (C=O) groups is 1. The molecule has 0 N–H and O–H groups in total. The summed E-state index contributed by atoms with van der Waals surface area (Å²) in [5.41, 5.74) is 3.05. The molecule has 132 valence electrons. The van der Waals surface area contributed by atoms with Crippen molar-refractivity contribution in [2.24, 2.45) is 0 Å². The van der Waals surface area contributed by atoms with Gasteiger partial charge in [-0.3, -0.25) is 4.79 Å². The molecule has 1 atom stereocenters. The maximum Gasteiger partial charge on any atom is 0.313 e. The number of carbonyl (C=O) groups excluding carboxylic acids is 1. The number of fused-ring (bicyclic) bond motifs is 1. The quantitative estimate of drug-likeness (QED) is 0.679. The first-order valence-electron chi connectivity index (χ1n) is 8.64. The summed E-state index contributed by atoms with van der Waals surface area (Å²) >= 11 is 0. The van der Waals surface area contributed by atoms with Crippen molar-refractivity contribution >= 4 is 11.7 Å². The highest BCUT2D eigenvalue weighted by molar-refractivity contribution is 5.81. The molecule has 2 aromatic carbocycles. The highest BCUT2D eigenvalue weighted by Crippen LogP contribution is 2.36. The molecule has 2 heterocycles. The third-order valence-corrected chi connectivity index (χ3v) is 4.78. The number of aromatic nitrogens is 3. The number of esters is 1. The molecule has 6 nitrogen and oxygen atoms in total. The molecule has 0 unspecified atom stereocenters. The van der Waals surface area contributed by atoms with Gasteiger partial charge in [-0.1, -0.05) is 36.4 Å². The van der Waals surface area contributed by atoms with E-state index in [-0.39, 0.29) is 11.9 Å². The summed E-state index contributed by atoms with van der Waals surface area (Å²) in [5, 5.41) is 4.37. The van der Waals surface area contributed by atoms with Crippen LogP contribution in [0.15, 0.2) is 60.9 Å². The van der Waals surface area contributed by atoms with Gasteiger partial charge in [-0.05, 0) is 30.2 Å². The van der Waals surface area contributed by atoms with Gasteiger partial charge >= 0.3 is 5.97 Å². The topological polar surface area (TPSA) is 60.2 Å². The normalized spacial score (nSPS) is 16.2. The third-order valence-electron chi connectivity index (χ3n) is 4.78. The standard InChI is InChI=1S/C20H20N4O2/c1-26-20(25)17-11-12-23(18-10-6-5-9-16(17)18)13-19-21-14-22-24(19)15-7-3-2-4-8-15/h2-10,14,17H,11-13H2,1H3/t17-/m0/s1. The molecule has 0 saturated heterocycles. The maximum atomic E-state index is 12.1. The van der Waals surface area contributed by atoms with E-state index < -0.39 is 0 Å². The Kier molecular flexibility index (Phi) is 4.39. The molecular formula is C20H20N4O2. The molecule has 3 aromatic rings. The molecule has 0 radical (unpaired) electrons. The van der Waals surface area contributed by atoms with Gasteiger partial charge in [0.2, 0.25) is 0 Å². The number of rotatable bonds is 4. The summed E-state index contributed by atoms with van der Waals surface area (Å²) in [5.74, 6) is 0.478. The number of methoxy groups -OCH3 is 1.